The quantitative estimate of drug-likeness (QED) is 0.477. The van der Waals surface area contributed by atoms with Gasteiger partial charge in [0.15, 0.2) is 11.3 Å². The van der Waals surface area contributed by atoms with Crippen molar-refractivity contribution in [2.24, 2.45) is 0 Å². The van der Waals surface area contributed by atoms with Gasteiger partial charge >= 0.3 is 0 Å². The van der Waals surface area contributed by atoms with Crippen LogP contribution in [0.15, 0.2) is 56.1 Å². The van der Waals surface area contributed by atoms with Crippen LogP contribution < -0.4 is 10.3 Å². The number of aryl methyl sites for hydroxylation is 2. The molecule has 0 atom stereocenters. The summed E-state index contributed by atoms with van der Waals surface area (Å²) in [5, 5.41) is 1.78. The Hall–Kier alpha value is -3.05. The highest BCUT2D eigenvalue weighted by Crippen LogP contribution is 2.39. The normalized spacial score (nSPS) is 16.9. The third kappa shape index (κ3) is 2.76. The van der Waals surface area contributed by atoms with E-state index in [1.54, 1.807) is 6.07 Å². The number of nitrogens with zero attached hydrogens (tertiary/aromatic N) is 1. The van der Waals surface area contributed by atoms with Gasteiger partial charge in [0.1, 0.15) is 16.9 Å². The summed E-state index contributed by atoms with van der Waals surface area (Å²) >= 11 is 0. The van der Waals surface area contributed by atoms with Gasteiger partial charge in [-0.15, -0.1) is 0 Å². The molecular formula is C25H23NO4. The molecule has 2 aromatic heterocycles. The number of benzene rings is 2. The molecule has 5 nitrogen and oxygen atoms in total. The van der Waals surface area contributed by atoms with E-state index in [2.05, 4.69) is 23.1 Å². The number of hydrogen-bond acceptors (Lipinski definition) is 5. The summed E-state index contributed by atoms with van der Waals surface area (Å²) in [6.45, 7) is 2.72. The van der Waals surface area contributed by atoms with Crippen molar-refractivity contribution in [1.82, 2.24) is 0 Å². The van der Waals surface area contributed by atoms with E-state index < -0.39 is 0 Å². The molecule has 4 aromatic rings. The second kappa shape index (κ2) is 7.03. The molecule has 0 saturated carbocycles. The Balaban J connectivity index is 1.58. The molecule has 1 saturated heterocycles. The Kier molecular flexibility index (Phi) is 4.16. The van der Waals surface area contributed by atoms with Crippen LogP contribution in [0.3, 0.4) is 0 Å². The largest absolute Gasteiger partial charge is 0.460 e. The lowest BCUT2D eigenvalue weighted by molar-refractivity contribution is 0.121. The zero-order chi connectivity index (χ0) is 20.1. The number of rotatable bonds is 2. The standard InChI is InChI=1S/C25H23NO4/c27-21-15-23(26-11-13-28-14-12-26)30-25-19(8-4-9-20(21)25)18-7-3-6-17-16-5-1-2-10-22(16)29-24(17)18/h3-4,6-9,15H,1-2,5,10-14H2. The molecule has 0 spiro atoms. The topological polar surface area (TPSA) is 55.8 Å². The van der Waals surface area contributed by atoms with Crippen LogP contribution in [0.25, 0.3) is 33.1 Å². The van der Waals surface area contributed by atoms with Gasteiger partial charge in [-0.3, -0.25) is 4.79 Å². The SMILES string of the molecule is O=c1cc(N2CCOCC2)oc2c(-c3cccc4c5c(oc34)CCCC5)cccc12. The van der Waals surface area contributed by atoms with Crippen LogP contribution in [0.5, 0.6) is 0 Å². The zero-order valence-electron chi connectivity index (χ0n) is 16.8. The molecule has 0 bridgehead atoms. The fourth-order valence-corrected chi connectivity index (χ4v) is 4.81. The van der Waals surface area contributed by atoms with Crippen molar-refractivity contribution in [1.29, 1.82) is 0 Å². The lowest BCUT2D eigenvalue weighted by Crippen LogP contribution is -2.36. The molecule has 0 radical (unpaired) electrons. The van der Waals surface area contributed by atoms with Crippen LogP contribution in [0.4, 0.5) is 5.88 Å². The van der Waals surface area contributed by atoms with Crippen LogP contribution >= 0.6 is 0 Å². The molecular weight excluding hydrogens is 378 g/mol. The average Bonchev–Trinajstić information content (AvgIpc) is 3.18. The van der Waals surface area contributed by atoms with Crippen molar-refractivity contribution in [2.75, 3.05) is 31.2 Å². The van der Waals surface area contributed by atoms with E-state index in [1.165, 1.54) is 23.8 Å². The minimum absolute atomic E-state index is 0.0227. The summed E-state index contributed by atoms with van der Waals surface area (Å²) in [5.74, 6) is 1.72. The maximum absolute atomic E-state index is 12.9. The third-order valence-corrected chi connectivity index (χ3v) is 6.34. The third-order valence-electron chi connectivity index (χ3n) is 6.34. The lowest BCUT2D eigenvalue weighted by atomic mass is 9.94. The Morgan fingerprint density at radius 3 is 2.30 bits per heavy atom. The molecule has 1 aliphatic heterocycles. The highest BCUT2D eigenvalue weighted by Gasteiger charge is 2.22. The Morgan fingerprint density at radius 2 is 1.50 bits per heavy atom. The molecule has 1 aliphatic carbocycles. The first-order chi connectivity index (χ1) is 14.8. The molecule has 0 unspecified atom stereocenters. The number of para-hydroxylation sites is 2. The monoisotopic (exact) mass is 401 g/mol. The summed E-state index contributed by atoms with van der Waals surface area (Å²) in [7, 11) is 0. The van der Waals surface area contributed by atoms with Gasteiger partial charge in [0.25, 0.3) is 0 Å². The van der Waals surface area contributed by atoms with Gasteiger partial charge in [-0.2, -0.15) is 0 Å². The van der Waals surface area contributed by atoms with Gasteiger partial charge in [0.2, 0.25) is 0 Å². The van der Waals surface area contributed by atoms with Gasteiger partial charge in [-0.25, -0.2) is 0 Å². The summed E-state index contributed by atoms with van der Waals surface area (Å²) in [6.07, 6.45) is 4.44. The van der Waals surface area contributed by atoms with Crippen LogP contribution in [0.2, 0.25) is 0 Å². The van der Waals surface area contributed by atoms with Crippen molar-refractivity contribution in [3.63, 3.8) is 0 Å². The van der Waals surface area contributed by atoms with E-state index in [-0.39, 0.29) is 5.43 Å². The van der Waals surface area contributed by atoms with Crippen molar-refractivity contribution >= 4 is 27.8 Å². The number of furan rings is 1. The minimum Gasteiger partial charge on any atom is -0.460 e. The van der Waals surface area contributed by atoms with E-state index in [1.807, 2.05) is 18.2 Å². The molecule has 2 aromatic carbocycles. The predicted molar refractivity (Wildman–Crippen MR) is 117 cm³/mol. The van der Waals surface area contributed by atoms with Gasteiger partial charge in [-0.1, -0.05) is 30.3 Å². The highest BCUT2D eigenvalue weighted by atomic mass is 16.5. The summed E-state index contributed by atoms with van der Waals surface area (Å²) in [6, 6.07) is 13.7. The minimum atomic E-state index is -0.0227. The van der Waals surface area contributed by atoms with Gasteiger partial charge in [0, 0.05) is 47.7 Å². The van der Waals surface area contributed by atoms with Crippen LogP contribution in [0.1, 0.15) is 24.2 Å². The second-order valence-corrected chi connectivity index (χ2v) is 8.12. The number of hydrogen-bond donors (Lipinski definition) is 0. The first-order valence-electron chi connectivity index (χ1n) is 10.7. The van der Waals surface area contributed by atoms with E-state index in [0.29, 0.717) is 30.1 Å². The van der Waals surface area contributed by atoms with Crippen LogP contribution in [-0.2, 0) is 17.6 Å². The van der Waals surface area contributed by atoms with E-state index >= 15 is 0 Å². The summed E-state index contributed by atoms with van der Waals surface area (Å²) < 4.78 is 18.1. The number of morpholine rings is 1. The van der Waals surface area contributed by atoms with Crippen molar-refractivity contribution < 1.29 is 13.6 Å². The van der Waals surface area contributed by atoms with Gasteiger partial charge in [0.05, 0.1) is 18.6 Å². The number of ether oxygens (including phenoxy) is 1. The zero-order valence-corrected chi connectivity index (χ0v) is 16.8. The second-order valence-electron chi connectivity index (χ2n) is 8.12. The van der Waals surface area contributed by atoms with Gasteiger partial charge < -0.3 is 18.5 Å². The maximum Gasteiger partial charge on any atom is 0.200 e. The molecule has 0 amide bonds. The van der Waals surface area contributed by atoms with E-state index in [0.717, 1.165) is 48.4 Å². The molecule has 1 fully saturated rings. The molecule has 3 heterocycles. The summed E-state index contributed by atoms with van der Waals surface area (Å²) in [5.41, 5.74) is 4.72. The molecule has 30 heavy (non-hydrogen) atoms. The van der Waals surface area contributed by atoms with Crippen LogP contribution in [0, 0.1) is 0 Å². The van der Waals surface area contributed by atoms with Crippen molar-refractivity contribution in [3.8, 4) is 11.1 Å². The van der Waals surface area contributed by atoms with Crippen molar-refractivity contribution in [2.45, 2.75) is 25.7 Å². The van der Waals surface area contributed by atoms with E-state index in [4.69, 9.17) is 13.6 Å². The fraction of sp³-hybridized carbons (Fsp3) is 0.320. The lowest BCUT2D eigenvalue weighted by Gasteiger charge is -2.27. The number of fused-ring (bicyclic) bond motifs is 4. The summed E-state index contributed by atoms with van der Waals surface area (Å²) in [4.78, 5) is 15.0. The molecule has 5 heteroatoms. The number of anilines is 1. The first-order valence-corrected chi connectivity index (χ1v) is 10.7. The first kappa shape index (κ1) is 17.8. The Bertz CT molecular complexity index is 1310. The van der Waals surface area contributed by atoms with E-state index in [9.17, 15) is 4.79 Å². The molecule has 0 N–H and O–H groups in total. The average molecular weight is 401 g/mol. The maximum atomic E-state index is 12.9. The van der Waals surface area contributed by atoms with Gasteiger partial charge in [-0.05, 0) is 25.3 Å². The molecule has 152 valence electrons. The smallest absolute Gasteiger partial charge is 0.200 e. The predicted octanol–water partition coefficient (Wildman–Crippen LogP) is 4.92. The van der Waals surface area contributed by atoms with Crippen LogP contribution in [-0.4, -0.2) is 26.3 Å². The highest BCUT2D eigenvalue weighted by molar-refractivity contribution is 6.02. The molecule has 2 aliphatic rings. The Labute approximate surface area is 173 Å². The molecule has 6 rings (SSSR count). The fourth-order valence-electron chi connectivity index (χ4n) is 4.81. The Morgan fingerprint density at radius 1 is 0.800 bits per heavy atom. The van der Waals surface area contributed by atoms with Crippen molar-refractivity contribution in [3.05, 3.63) is 64.0 Å².